The fraction of sp³-hybridized carbons (Fsp3) is 0.292. The first-order chi connectivity index (χ1) is 14.6. The topological polar surface area (TPSA) is 101 Å². The zero-order valence-corrected chi connectivity index (χ0v) is 18.3. The molecular weight excluding hydrogens is 392 g/mol. The summed E-state index contributed by atoms with van der Waals surface area (Å²) in [7, 11) is 0. The third-order valence-electron chi connectivity index (χ3n) is 5.23. The van der Waals surface area contributed by atoms with Gasteiger partial charge in [-0.15, -0.1) is 0 Å². The van der Waals surface area contributed by atoms with Gasteiger partial charge in [0, 0.05) is 12.1 Å². The summed E-state index contributed by atoms with van der Waals surface area (Å²) >= 11 is 0. The van der Waals surface area contributed by atoms with Crippen LogP contribution in [0.5, 0.6) is 0 Å². The average Bonchev–Trinajstić information content (AvgIpc) is 2.74. The molecule has 2 aromatic carbocycles. The molecule has 7 heteroatoms. The summed E-state index contributed by atoms with van der Waals surface area (Å²) in [4.78, 5) is 41.9. The van der Waals surface area contributed by atoms with E-state index in [1.54, 1.807) is 19.1 Å². The van der Waals surface area contributed by atoms with E-state index in [-0.39, 0.29) is 35.9 Å². The Kier molecular flexibility index (Phi) is 6.15. The fourth-order valence-electron chi connectivity index (χ4n) is 3.43. The van der Waals surface area contributed by atoms with Crippen LogP contribution in [0, 0.1) is 0 Å². The maximum absolute atomic E-state index is 13.2. The first-order valence-corrected chi connectivity index (χ1v) is 10.2. The Morgan fingerprint density at radius 2 is 1.65 bits per heavy atom. The molecule has 3 N–H and O–H groups in total. The van der Waals surface area contributed by atoms with E-state index in [9.17, 15) is 14.4 Å². The van der Waals surface area contributed by atoms with E-state index in [1.807, 2.05) is 42.5 Å². The molecule has 162 valence electrons. The third kappa shape index (κ3) is 4.60. The van der Waals surface area contributed by atoms with Crippen molar-refractivity contribution in [3.05, 3.63) is 92.1 Å². The van der Waals surface area contributed by atoms with Crippen molar-refractivity contribution in [3.63, 3.8) is 0 Å². The van der Waals surface area contributed by atoms with Crippen molar-refractivity contribution >= 4 is 17.4 Å². The summed E-state index contributed by atoms with van der Waals surface area (Å²) in [5.41, 5.74) is 7.27. The Bertz CT molecular complexity index is 1190. The van der Waals surface area contributed by atoms with Crippen LogP contribution >= 0.6 is 0 Å². The third-order valence-corrected chi connectivity index (χ3v) is 5.23. The number of aromatic nitrogens is 2. The maximum Gasteiger partial charge on any atom is 0.330 e. The Balaban J connectivity index is 2.03. The Morgan fingerprint density at radius 3 is 2.19 bits per heavy atom. The number of carbonyl (C=O) groups is 1. The number of amides is 1. The van der Waals surface area contributed by atoms with Crippen LogP contribution in [-0.2, 0) is 12.0 Å². The fourth-order valence-corrected chi connectivity index (χ4v) is 3.43. The highest BCUT2D eigenvalue weighted by Crippen LogP contribution is 2.24. The highest BCUT2D eigenvalue weighted by atomic mass is 16.2. The molecule has 0 spiro atoms. The van der Waals surface area contributed by atoms with Gasteiger partial charge in [-0.2, -0.15) is 0 Å². The highest BCUT2D eigenvalue weighted by molar-refractivity contribution is 6.07. The van der Waals surface area contributed by atoms with Gasteiger partial charge in [-0.1, -0.05) is 63.2 Å². The molecular formula is C24H28N4O3. The summed E-state index contributed by atoms with van der Waals surface area (Å²) in [5, 5.41) is 0. The lowest BCUT2D eigenvalue weighted by molar-refractivity contribution is 0.0988. The van der Waals surface area contributed by atoms with Crippen molar-refractivity contribution in [2.45, 2.75) is 39.7 Å². The number of hydrogen-bond donors (Lipinski definition) is 2. The standard InChI is InChI=1S/C24H28N4O3/c1-5-27(22(30)17-11-13-18(14-12-17)24(2,3)4)19-20(25)28(23(31)26-21(19)29)15-16-9-7-6-8-10-16/h6-14H,5,15,25H2,1-4H3,(H,26,29,31). The van der Waals surface area contributed by atoms with Gasteiger partial charge in [0.1, 0.15) is 5.82 Å². The number of nitrogens with one attached hydrogen (secondary N) is 1. The molecule has 3 rings (SSSR count). The smallest absolute Gasteiger partial charge is 0.330 e. The van der Waals surface area contributed by atoms with Crippen LogP contribution < -0.4 is 21.9 Å². The van der Waals surface area contributed by atoms with Gasteiger partial charge < -0.3 is 10.6 Å². The summed E-state index contributed by atoms with van der Waals surface area (Å²) in [5.74, 6) is -0.399. The molecule has 1 amide bonds. The molecule has 1 heterocycles. The van der Waals surface area contributed by atoms with Crippen LogP contribution in [0.3, 0.4) is 0 Å². The number of hydrogen-bond acceptors (Lipinski definition) is 4. The van der Waals surface area contributed by atoms with Gasteiger partial charge in [-0.25, -0.2) is 4.79 Å². The number of benzene rings is 2. The van der Waals surface area contributed by atoms with Crippen molar-refractivity contribution in [2.24, 2.45) is 0 Å². The molecule has 0 aliphatic rings. The molecule has 0 unspecified atom stereocenters. The van der Waals surface area contributed by atoms with E-state index in [1.165, 1.54) is 9.47 Å². The van der Waals surface area contributed by atoms with Crippen LogP contribution in [0.4, 0.5) is 11.5 Å². The Hall–Kier alpha value is -3.61. The quantitative estimate of drug-likeness (QED) is 0.662. The van der Waals surface area contributed by atoms with Crippen LogP contribution in [0.15, 0.2) is 64.2 Å². The molecule has 7 nitrogen and oxygen atoms in total. The predicted octanol–water partition coefficient (Wildman–Crippen LogP) is 3.13. The van der Waals surface area contributed by atoms with Gasteiger partial charge in [0.2, 0.25) is 0 Å². The molecule has 0 radical (unpaired) electrons. The first kappa shape index (κ1) is 22.1. The van der Waals surface area contributed by atoms with Crippen molar-refractivity contribution in [2.75, 3.05) is 17.2 Å². The molecule has 0 aliphatic carbocycles. The number of nitrogens with two attached hydrogens (primary N) is 1. The van der Waals surface area contributed by atoms with Gasteiger partial charge in [0.25, 0.3) is 11.5 Å². The van der Waals surface area contributed by atoms with E-state index in [4.69, 9.17) is 5.73 Å². The van der Waals surface area contributed by atoms with Crippen molar-refractivity contribution in [3.8, 4) is 0 Å². The average molecular weight is 421 g/mol. The minimum atomic E-state index is -0.687. The van der Waals surface area contributed by atoms with E-state index >= 15 is 0 Å². The molecule has 0 aliphatic heterocycles. The summed E-state index contributed by atoms with van der Waals surface area (Å²) in [6.45, 7) is 8.44. The molecule has 1 aromatic heterocycles. The van der Waals surface area contributed by atoms with Gasteiger partial charge in [-0.3, -0.25) is 19.1 Å². The highest BCUT2D eigenvalue weighted by Gasteiger charge is 2.24. The zero-order chi connectivity index (χ0) is 22.8. The molecule has 0 saturated heterocycles. The molecule has 31 heavy (non-hydrogen) atoms. The van der Waals surface area contributed by atoms with E-state index < -0.39 is 11.2 Å². The number of nitrogens with zero attached hydrogens (tertiary/aromatic N) is 2. The lowest BCUT2D eigenvalue weighted by Gasteiger charge is -2.24. The monoisotopic (exact) mass is 420 g/mol. The number of anilines is 2. The van der Waals surface area contributed by atoms with Gasteiger partial charge >= 0.3 is 5.69 Å². The number of nitrogen functional groups attached to an aromatic ring is 1. The van der Waals surface area contributed by atoms with Crippen molar-refractivity contribution in [1.82, 2.24) is 9.55 Å². The Labute approximate surface area is 181 Å². The molecule has 0 bridgehead atoms. The lowest BCUT2D eigenvalue weighted by atomic mass is 9.86. The second-order valence-electron chi connectivity index (χ2n) is 8.44. The SMILES string of the molecule is CCN(C(=O)c1ccc(C(C)(C)C)cc1)c1c(N)n(Cc2ccccc2)c(=O)[nH]c1=O. The number of carbonyl (C=O) groups excluding carboxylic acids is 1. The van der Waals surface area contributed by atoms with Gasteiger partial charge in [-0.05, 0) is 35.6 Å². The van der Waals surface area contributed by atoms with Crippen LogP contribution in [0.2, 0.25) is 0 Å². The lowest BCUT2D eigenvalue weighted by Crippen LogP contribution is -2.41. The minimum absolute atomic E-state index is 0.0251. The number of H-pyrrole nitrogens is 1. The summed E-state index contributed by atoms with van der Waals surface area (Å²) < 4.78 is 1.27. The second kappa shape index (κ2) is 8.63. The Morgan fingerprint density at radius 1 is 1.03 bits per heavy atom. The number of aromatic amines is 1. The van der Waals surface area contributed by atoms with Crippen molar-refractivity contribution < 1.29 is 4.79 Å². The molecule has 0 saturated carbocycles. The molecule has 0 fully saturated rings. The van der Waals surface area contributed by atoms with E-state index in [0.29, 0.717) is 5.56 Å². The normalized spacial score (nSPS) is 11.4. The number of rotatable bonds is 5. The molecule has 0 atom stereocenters. The summed E-state index contributed by atoms with van der Waals surface area (Å²) in [6, 6.07) is 16.6. The van der Waals surface area contributed by atoms with Crippen LogP contribution in [0.25, 0.3) is 0 Å². The van der Waals surface area contributed by atoms with Crippen LogP contribution in [0.1, 0.15) is 49.2 Å². The molecule has 3 aromatic rings. The zero-order valence-electron chi connectivity index (χ0n) is 18.3. The minimum Gasteiger partial charge on any atom is -0.383 e. The first-order valence-electron chi connectivity index (χ1n) is 10.2. The van der Waals surface area contributed by atoms with Gasteiger partial charge in [0.05, 0.1) is 6.54 Å². The largest absolute Gasteiger partial charge is 0.383 e. The van der Waals surface area contributed by atoms with Crippen LogP contribution in [-0.4, -0.2) is 22.0 Å². The van der Waals surface area contributed by atoms with E-state index in [0.717, 1.165) is 11.1 Å². The second-order valence-corrected chi connectivity index (χ2v) is 8.44. The maximum atomic E-state index is 13.2. The van der Waals surface area contributed by atoms with Gasteiger partial charge in [0.15, 0.2) is 5.69 Å². The van der Waals surface area contributed by atoms with Crippen molar-refractivity contribution in [1.29, 1.82) is 0 Å². The summed E-state index contributed by atoms with van der Waals surface area (Å²) in [6.07, 6.45) is 0. The van der Waals surface area contributed by atoms with E-state index in [2.05, 4.69) is 25.8 Å². The predicted molar refractivity (Wildman–Crippen MR) is 124 cm³/mol.